The summed E-state index contributed by atoms with van der Waals surface area (Å²) < 4.78 is 0. The molecule has 0 aliphatic heterocycles. The number of nitrogens with zero attached hydrogens (tertiary/aromatic N) is 3. The van der Waals surface area contributed by atoms with Gasteiger partial charge >= 0.3 is 0 Å². The lowest BCUT2D eigenvalue weighted by Gasteiger charge is -2.50. The van der Waals surface area contributed by atoms with E-state index in [0.717, 1.165) is 11.3 Å². The predicted molar refractivity (Wildman–Crippen MR) is 158 cm³/mol. The van der Waals surface area contributed by atoms with Crippen LogP contribution in [0.2, 0.25) is 0 Å². The standard InChI is InChI=1S/C31H44N4O7/c1-14(30(2,3)4)35(9)13-16-12-19(36)21-17(23(16)33(5)6)10-15-11-18-24(34(7)8)26(38)22(29(32)41)28(40)31(18,42)27(39)20(15)25(21)37/h12,14-15,18,24,36,38-39,42H,10-11,13H2,1-9H3,(H2,32,41)/t14-,15+,18+,24+,31+/m1/s1. The van der Waals surface area contributed by atoms with Crippen molar-refractivity contribution in [1.29, 1.82) is 0 Å². The van der Waals surface area contributed by atoms with Gasteiger partial charge in [0.2, 0.25) is 5.78 Å². The van der Waals surface area contributed by atoms with Crippen molar-refractivity contribution in [3.63, 3.8) is 0 Å². The molecule has 230 valence electrons. The van der Waals surface area contributed by atoms with Crippen molar-refractivity contribution in [3.8, 4) is 5.75 Å². The summed E-state index contributed by atoms with van der Waals surface area (Å²) in [6.07, 6.45) is 0.284. The summed E-state index contributed by atoms with van der Waals surface area (Å²) in [6, 6.07) is 0.736. The zero-order valence-corrected chi connectivity index (χ0v) is 25.9. The van der Waals surface area contributed by atoms with E-state index in [4.69, 9.17) is 5.73 Å². The van der Waals surface area contributed by atoms with Crippen molar-refractivity contribution in [2.24, 2.45) is 23.0 Å². The van der Waals surface area contributed by atoms with Gasteiger partial charge in [-0.25, -0.2) is 0 Å². The zero-order chi connectivity index (χ0) is 31.8. The van der Waals surface area contributed by atoms with Gasteiger partial charge < -0.3 is 31.1 Å². The molecule has 1 aromatic carbocycles. The van der Waals surface area contributed by atoms with Gasteiger partial charge in [-0.15, -0.1) is 0 Å². The minimum absolute atomic E-state index is 0.00412. The molecule has 11 nitrogen and oxygen atoms in total. The molecule has 0 bridgehead atoms. The zero-order valence-electron chi connectivity index (χ0n) is 25.9. The normalized spacial score (nSPS) is 26.8. The largest absolute Gasteiger partial charge is 0.510 e. The minimum atomic E-state index is -2.66. The third-order valence-corrected chi connectivity index (χ3v) is 9.56. The highest BCUT2D eigenvalue weighted by atomic mass is 16.3. The summed E-state index contributed by atoms with van der Waals surface area (Å²) in [5.41, 5.74) is 4.00. The number of nitrogens with two attached hydrogens (primary N) is 1. The molecule has 0 heterocycles. The van der Waals surface area contributed by atoms with Crippen LogP contribution in [0, 0.1) is 17.3 Å². The number of phenols is 1. The highest BCUT2D eigenvalue weighted by molar-refractivity contribution is 6.24. The number of aliphatic hydroxyl groups is 3. The molecule has 0 fully saturated rings. The number of rotatable bonds is 6. The van der Waals surface area contributed by atoms with Crippen LogP contribution in [0.15, 0.2) is 28.7 Å². The van der Waals surface area contributed by atoms with E-state index in [1.165, 1.54) is 0 Å². The maximum Gasteiger partial charge on any atom is 0.255 e. The first-order valence-electron chi connectivity index (χ1n) is 14.2. The van der Waals surface area contributed by atoms with Crippen LogP contribution in [0.1, 0.15) is 55.6 Å². The Balaban J connectivity index is 1.91. The molecule has 0 spiro atoms. The van der Waals surface area contributed by atoms with Crippen LogP contribution in [0.3, 0.4) is 0 Å². The summed E-state index contributed by atoms with van der Waals surface area (Å²) >= 11 is 0. The maximum atomic E-state index is 14.1. The lowest BCUT2D eigenvalue weighted by Crippen LogP contribution is -2.63. The summed E-state index contributed by atoms with van der Waals surface area (Å²) in [5, 5.41) is 45.5. The minimum Gasteiger partial charge on any atom is -0.510 e. The number of primary amides is 1. The number of likely N-dealkylation sites (N-methyl/N-ethyl adjacent to an activating group) is 1. The Morgan fingerprint density at radius 2 is 1.71 bits per heavy atom. The molecule has 3 aliphatic rings. The molecule has 4 rings (SSSR count). The summed E-state index contributed by atoms with van der Waals surface area (Å²) in [4.78, 5) is 45.3. The molecule has 0 aromatic heterocycles. The van der Waals surface area contributed by atoms with Crippen LogP contribution in [0.25, 0.3) is 0 Å². The second-order valence-corrected chi connectivity index (χ2v) is 13.6. The molecule has 1 amide bonds. The number of Topliss-reactive ketones (excluding diaryl/α,β-unsaturated/α-hetero) is 2. The van der Waals surface area contributed by atoms with Gasteiger partial charge in [0.1, 0.15) is 22.8 Å². The number of carbonyl (C=O) groups excluding carboxylic acids is 3. The Labute approximate surface area is 246 Å². The van der Waals surface area contributed by atoms with E-state index in [1.54, 1.807) is 25.1 Å². The summed E-state index contributed by atoms with van der Waals surface area (Å²) in [6.45, 7) is 9.12. The van der Waals surface area contributed by atoms with Gasteiger partial charge in [-0.3, -0.25) is 24.2 Å². The molecule has 3 aliphatic carbocycles. The fraction of sp³-hybridized carbons (Fsp3) is 0.581. The lowest BCUT2D eigenvalue weighted by atomic mass is 9.58. The average Bonchev–Trinajstić information content (AvgIpc) is 2.84. The van der Waals surface area contributed by atoms with Crippen molar-refractivity contribution in [3.05, 3.63) is 45.4 Å². The second kappa shape index (κ2) is 10.4. The Hall–Kier alpha value is -3.41. The second-order valence-electron chi connectivity index (χ2n) is 13.6. The third-order valence-electron chi connectivity index (χ3n) is 9.56. The Morgan fingerprint density at radius 1 is 1.12 bits per heavy atom. The molecule has 0 unspecified atom stereocenters. The van der Waals surface area contributed by atoms with E-state index >= 15 is 0 Å². The monoisotopic (exact) mass is 584 g/mol. The number of amides is 1. The number of hydrogen-bond donors (Lipinski definition) is 5. The van der Waals surface area contributed by atoms with E-state index in [0.29, 0.717) is 12.1 Å². The Bertz CT molecular complexity index is 1420. The Morgan fingerprint density at radius 3 is 2.21 bits per heavy atom. The highest BCUT2D eigenvalue weighted by Gasteiger charge is 2.63. The lowest BCUT2D eigenvalue weighted by molar-refractivity contribution is -0.148. The molecule has 0 saturated carbocycles. The van der Waals surface area contributed by atoms with Crippen LogP contribution in [0.5, 0.6) is 5.75 Å². The van der Waals surface area contributed by atoms with E-state index < -0.39 is 58.0 Å². The number of fused-ring (bicyclic) bond motifs is 3. The van der Waals surface area contributed by atoms with Gasteiger partial charge in [-0.2, -0.15) is 0 Å². The van der Waals surface area contributed by atoms with Crippen molar-refractivity contribution in [2.75, 3.05) is 40.1 Å². The third kappa shape index (κ3) is 4.58. The average molecular weight is 585 g/mol. The van der Waals surface area contributed by atoms with Crippen LogP contribution >= 0.6 is 0 Å². The van der Waals surface area contributed by atoms with Gasteiger partial charge in [0, 0.05) is 43.9 Å². The van der Waals surface area contributed by atoms with Gasteiger partial charge in [0.25, 0.3) is 5.91 Å². The van der Waals surface area contributed by atoms with Crippen LogP contribution in [-0.4, -0.2) is 101 Å². The van der Waals surface area contributed by atoms with Crippen LogP contribution in [-0.2, 0) is 22.6 Å². The highest BCUT2D eigenvalue weighted by Crippen LogP contribution is 2.53. The van der Waals surface area contributed by atoms with Crippen molar-refractivity contribution < 1.29 is 34.8 Å². The number of aliphatic hydroxyl groups excluding tert-OH is 2. The Kier molecular flexibility index (Phi) is 7.80. The number of ketones is 2. The van der Waals surface area contributed by atoms with Gasteiger partial charge in [0.15, 0.2) is 11.4 Å². The molecule has 6 N–H and O–H groups in total. The fourth-order valence-electron chi connectivity index (χ4n) is 7.12. The number of benzene rings is 1. The predicted octanol–water partition coefficient (Wildman–Crippen LogP) is 2.05. The van der Waals surface area contributed by atoms with Crippen LogP contribution < -0.4 is 10.6 Å². The molecule has 5 atom stereocenters. The molecular formula is C31H44N4O7. The number of aromatic hydroxyl groups is 1. The SMILES string of the molecule is C[C@@H](N(C)Cc1cc(O)c2c(c1N(C)C)C[C@H]1C[C@H]3[C@H](N(C)C)C(O)=C(C(N)=O)C(=O)[C@@]3(O)C(O)=C1C2=O)C(C)(C)C. The number of phenolic OH excluding ortho intramolecular Hbond substituents is 1. The van der Waals surface area contributed by atoms with Gasteiger partial charge in [-0.1, -0.05) is 20.8 Å². The van der Waals surface area contributed by atoms with E-state index in [2.05, 4.69) is 32.6 Å². The quantitative estimate of drug-likeness (QED) is 0.312. The maximum absolute atomic E-state index is 14.1. The first-order chi connectivity index (χ1) is 19.3. The molecular weight excluding hydrogens is 540 g/mol. The molecule has 0 saturated heterocycles. The summed E-state index contributed by atoms with van der Waals surface area (Å²) in [7, 11) is 8.96. The van der Waals surface area contributed by atoms with Crippen molar-refractivity contribution >= 4 is 23.2 Å². The number of anilines is 1. The van der Waals surface area contributed by atoms with Gasteiger partial charge in [0.05, 0.1) is 11.6 Å². The number of hydrogen-bond acceptors (Lipinski definition) is 10. The van der Waals surface area contributed by atoms with E-state index in [1.807, 2.05) is 26.0 Å². The first-order valence-corrected chi connectivity index (χ1v) is 14.2. The van der Waals surface area contributed by atoms with Gasteiger partial charge in [-0.05, 0) is 69.4 Å². The fourth-order valence-corrected chi connectivity index (χ4v) is 7.12. The first kappa shape index (κ1) is 31.5. The molecule has 1 aromatic rings. The topological polar surface area (TPSA) is 168 Å². The van der Waals surface area contributed by atoms with E-state index in [-0.39, 0.29) is 41.2 Å². The summed E-state index contributed by atoms with van der Waals surface area (Å²) in [5.74, 6) is -6.59. The molecule has 0 radical (unpaired) electrons. The van der Waals surface area contributed by atoms with Crippen molar-refractivity contribution in [1.82, 2.24) is 9.80 Å². The van der Waals surface area contributed by atoms with Crippen molar-refractivity contribution in [2.45, 2.75) is 64.8 Å². The molecule has 42 heavy (non-hydrogen) atoms. The smallest absolute Gasteiger partial charge is 0.255 e. The number of allylic oxidation sites excluding steroid dienone is 1. The molecule has 11 heteroatoms. The number of carbonyl (C=O) groups is 3. The van der Waals surface area contributed by atoms with E-state index in [9.17, 15) is 34.8 Å². The van der Waals surface area contributed by atoms with Crippen LogP contribution in [0.4, 0.5) is 5.69 Å².